The number of carboxylic acid groups (broad SMARTS) is 1. The third kappa shape index (κ3) is 2.81. The number of hydrogen-bond acceptors (Lipinski definition) is 3. The monoisotopic (exact) mass is 249 g/mol. The van der Waals surface area contributed by atoms with Crippen molar-refractivity contribution in [1.82, 2.24) is 4.98 Å². The molecule has 18 heavy (non-hydrogen) atoms. The van der Waals surface area contributed by atoms with Gasteiger partial charge in [-0.15, -0.1) is 0 Å². The van der Waals surface area contributed by atoms with Gasteiger partial charge in [-0.25, -0.2) is 4.79 Å². The van der Waals surface area contributed by atoms with E-state index in [2.05, 4.69) is 4.98 Å². The highest BCUT2D eigenvalue weighted by atomic mass is 16.5. The molecule has 0 bridgehead atoms. The van der Waals surface area contributed by atoms with Crippen LogP contribution in [-0.2, 0) is 0 Å². The highest BCUT2D eigenvalue weighted by Gasteiger charge is 2.20. The van der Waals surface area contributed by atoms with E-state index in [9.17, 15) is 9.90 Å². The Morgan fingerprint density at radius 1 is 1.44 bits per heavy atom. The van der Waals surface area contributed by atoms with Crippen molar-refractivity contribution in [2.75, 3.05) is 6.61 Å². The molecule has 0 aromatic carbocycles. The van der Waals surface area contributed by atoms with Gasteiger partial charge in [-0.3, -0.25) is 4.98 Å². The predicted octanol–water partition coefficient (Wildman–Crippen LogP) is 2.97. The molecule has 0 radical (unpaired) electrons. The van der Waals surface area contributed by atoms with E-state index in [0.717, 1.165) is 5.69 Å². The molecule has 0 unspecified atom stereocenters. The zero-order chi connectivity index (χ0) is 13.1. The highest BCUT2D eigenvalue weighted by Crippen LogP contribution is 2.28. The number of hydrogen-bond donors (Lipinski definition) is 1. The van der Waals surface area contributed by atoms with E-state index in [0.29, 0.717) is 24.0 Å². The number of aromatic carboxylic acids is 1. The second-order valence-corrected chi connectivity index (χ2v) is 4.99. The molecule has 98 valence electrons. The van der Waals surface area contributed by atoms with Gasteiger partial charge >= 0.3 is 5.97 Å². The fraction of sp³-hybridized carbons (Fsp3) is 0.571. The number of ether oxygens (including phenoxy) is 1. The summed E-state index contributed by atoms with van der Waals surface area (Å²) in [5.74, 6) is 0.0567. The third-order valence-corrected chi connectivity index (χ3v) is 3.46. The van der Waals surface area contributed by atoms with Gasteiger partial charge in [0.25, 0.3) is 0 Å². The molecular formula is C14H19NO3. The van der Waals surface area contributed by atoms with Crippen molar-refractivity contribution in [2.45, 2.75) is 39.5 Å². The first-order valence-electron chi connectivity index (χ1n) is 6.42. The Labute approximate surface area is 107 Å². The molecule has 0 spiro atoms. The Hall–Kier alpha value is -1.58. The largest absolute Gasteiger partial charge is 0.492 e. The molecule has 4 nitrogen and oxygen atoms in total. The smallest absolute Gasteiger partial charge is 0.341 e. The third-order valence-electron chi connectivity index (χ3n) is 3.46. The van der Waals surface area contributed by atoms with Gasteiger partial charge in [0.2, 0.25) is 0 Å². The highest BCUT2D eigenvalue weighted by molar-refractivity contribution is 5.92. The van der Waals surface area contributed by atoms with Crippen molar-refractivity contribution in [3.05, 3.63) is 23.0 Å². The first kappa shape index (κ1) is 12.9. The molecular weight excluding hydrogens is 230 g/mol. The topological polar surface area (TPSA) is 59.4 Å². The molecule has 1 saturated carbocycles. The fourth-order valence-electron chi connectivity index (χ4n) is 2.55. The van der Waals surface area contributed by atoms with Gasteiger partial charge in [0.15, 0.2) is 0 Å². The van der Waals surface area contributed by atoms with Crippen molar-refractivity contribution in [2.24, 2.45) is 5.92 Å². The van der Waals surface area contributed by atoms with Crippen LogP contribution >= 0.6 is 0 Å². The van der Waals surface area contributed by atoms with Crippen molar-refractivity contribution < 1.29 is 14.6 Å². The van der Waals surface area contributed by atoms with Crippen LogP contribution in [-0.4, -0.2) is 22.7 Å². The SMILES string of the molecule is Cc1cc(OCC2CCCC2)c(C(=O)O)c(C)n1. The van der Waals surface area contributed by atoms with Crippen LogP contribution in [0.2, 0.25) is 0 Å². The van der Waals surface area contributed by atoms with Gasteiger partial charge in [-0.05, 0) is 32.6 Å². The number of aryl methyl sites for hydroxylation is 2. The summed E-state index contributed by atoms with van der Waals surface area (Å²) < 4.78 is 5.72. The van der Waals surface area contributed by atoms with Gasteiger partial charge in [-0.2, -0.15) is 0 Å². The van der Waals surface area contributed by atoms with E-state index in [1.54, 1.807) is 13.0 Å². The Balaban J connectivity index is 2.16. The molecule has 1 N–H and O–H groups in total. The van der Waals surface area contributed by atoms with Crippen molar-refractivity contribution in [3.63, 3.8) is 0 Å². The van der Waals surface area contributed by atoms with E-state index in [1.165, 1.54) is 25.7 Å². The van der Waals surface area contributed by atoms with Crippen LogP contribution in [0.25, 0.3) is 0 Å². The van der Waals surface area contributed by atoms with E-state index in [-0.39, 0.29) is 5.56 Å². The van der Waals surface area contributed by atoms with E-state index >= 15 is 0 Å². The molecule has 1 aliphatic rings. The summed E-state index contributed by atoms with van der Waals surface area (Å²) in [6, 6.07) is 1.71. The minimum absolute atomic E-state index is 0.193. The van der Waals surface area contributed by atoms with Crippen LogP contribution in [0.5, 0.6) is 5.75 Å². The first-order valence-corrected chi connectivity index (χ1v) is 6.42. The summed E-state index contributed by atoms with van der Waals surface area (Å²) in [7, 11) is 0. The van der Waals surface area contributed by atoms with E-state index in [1.807, 2.05) is 6.92 Å². The van der Waals surface area contributed by atoms with Gasteiger partial charge in [0.05, 0.1) is 12.3 Å². The number of rotatable bonds is 4. The number of aromatic nitrogens is 1. The molecule has 0 amide bonds. The Bertz CT molecular complexity index is 451. The molecule has 2 rings (SSSR count). The zero-order valence-electron chi connectivity index (χ0n) is 10.9. The summed E-state index contributed by atoms with van der Waals surface area (Å²) in [6.07, 6.45) is 4.89. The lowest BCUT2D eigenvalue weighted by atomic mass is 10.1. The predicted molar refractivity (Wildman–Crippen MR) is 68.1 cm³/mol. The summed E-state index contributed by atoms with van der Waals surface area (Å²) in [4.78, 5) is 15.4. The molecule has 1 aromatic heterocycles. The van der Waals surface area contributed by atoms with Crippen LogP contribution in [0.3, 0.4) is 0 Å². The maximum Gasteiger partial charge on any atom is 0.341 e. The number of pyridine rings is 1. The average Bonchev–Trinajstić information content (AvgIpc) is 2.77. The quantitative estimate of drug-likeness (QED) is 0.891. The summed E-state index contributed by atoms with van der Waals surface area (Å²) in [6.45, 7) is 4.17. The van der Waals surface area contributed by atoms with Gasteiger partial charge in [0.1, 0.15) is 11.3 Å². The number of carboxylic acids is 1. The zero-order valence-corrected chi connectivity index (χ0v) is 10.9. The fourth-order valence-corrected chi connectivity index (χ4v) is 2.55. The number of carbonyl (C=O) groups is 1. The van der Waals surface area contributed by atoms with Crippen LogP contribution in [0.4, 0.5) is 0 Å². The standard InChI is InChI=1S/C14H19NO3/c1-9-7-12(13(14(16)17)10(2)15-9)18-8-11-5-3-4-6-11/h7,11H,3-6,8H2,1-2H3,(H,16,17). The van der Waals surface area contributed by atoms with Crippen molar-refractivity contribution in [1.29, 1.82) is 0 Å². The van der Waals surface area contributed by atoms with E-state index < -0.39 is 5.97 Å². The summed E-state index contributed by atoms with van der Waals surface area (Å²) >= 11 is 0. The van der Waals surface area contributed by atoms with Crippen LogP contribution < -0.4 is 4.74 Å². The minimum Gasteiger partial charge on any atom is -0.492 e. The summed E-state index contributed by atoms with van der Waals surface area (Å²) in [5.41, 5.74) is 1.50. The molecule has 1 aliphatic carbocycles. The molecule has 4 heteroatoms. The minimum atomic E-state index is -0.971. The first-order chi connectivity index (χ1) is 8.58. The second kappa shape index (κ2) is 5.38. The van der Waals surface area contributed by atoms with Crippen molar-refractivity contribution >= 4 is 5.97 Å². The Morgan fingerprint density at radius 3 is 2.72 bits per heavy atom. The molecule has 1 fully saturated rings. The second-order valence-electron chi connectivity index (χ2n) is 4.99. The maximum atomic E-state index is 11.2. The van der Waals surface area contributed by atoms with Gasteiger partial charge in [-0.1, -0.05) is 12.8 Å². The average molecular weight is 249 g/mol. The lowest BCUT2D eigenvalue weighted by Gasteiger charge is -2.14. The molecule has 1 aromatic rings. The Kier molecular flexibility index (Phi) is 3.84. The van der Waals surface area contributed by atoms with Crippen LogP contribution in [0.1, 0.15) is 47.4 Å². The van der Waals surface area contributed by atoms with Crippen LogP contribution in [0.15, 0.2) is 6.07 Å². The molecule has 0 atom stereocenters. The maximum absolute atomic E-state index is 11.2. The van der Waals surface area contributed by atoms with Gasteiger partial charge in [0, 0.05) is 11.8 Å². The normalized spacial score (nSPS) is 15.9. The lowest BCUT2D eigenvalue weighted by molar-refractivity contribution is 0.0689. The lowest BCUT2D eigenvalue weighted by Crippen LogP contribution is -2.12. The molecule has 0 saturated heterocycles. The molecule has 0 aliphatic heterocycles. The van der Waals surface area contributed by atoms with Crippen molar-refractivity contribution in [3.8, 4) is 5.75 Å². The summed E-state index contributed by atoms with van der Waals surface area (Å²) in [5, 5.41) is 9.21. The van der Waals surface area contributed by atoms with E-state index in [4.69, 9.17) is 4.74 Å². The number of nitrogens with zero attached hydrogens (tertiary/aromatic N) is 1. The molecule has 1 heterocycles. The van der Waals surface area contributed by atoms with Gasteiger partial charge < -0.3 is 9.84 Å². The van der Waals surface area contributed by atoms with Crippen LogP contribution in [0, 0.1) is 19.8 Å². The Morgan fingerprint density at radius 2 is 2.11 bits per heavy atom.